The molecule has 1 aromatic rings. The van der Waals surface area contributed by atoms with Crippen LogP contribution in [0.25, 0.3) is 0 Å². The van der Waals surface area contributed by atoms with Gasteiger partial charge in [0.15, 0.2) is 0 Å². The molecule has 1 aromatic carbocycles. The van der Waals surface area contributed by atoms with E-state index in [9.17, 15) is 0 Å². The second kappa shape index (κ2) is 4.59. The van der Waals surface area contributed by atoms with Crippen molar-refractivity contribution in [3.63, 3.8) is 0 Å². The summed E-state index contributed by atoms with van der Waals surface area (Å²) >= 11 is 10.5. The van der Waals surface area contributed by atoms with Crippen molar-refractivity contribution in [3.05, 3.63) is 25.0 Å². The van der Waals surface area contributed by atoms with Gasteiger partial charge in [0.2, 0.25) is 0 Å². The van der Waals surface area contributed by atoms with E-state index in [0.717, 1.165) is 31.3 Å². The van der Waals surface area contributed by atoms with E-state index in [1.54, 1.807) is 0 Å². The average Bonchev–Trinajstić information content (AvgIpc) is 2.94. The average molecular weight is 415 g/mol. The molecular weight excluding hydrogens is 404 g/mol. The maximum absolute atomic E-state index is 5.81. The van der Waals surface area contributed by atoms with Gasteiger partial charge in [-0.25, -0.2) is 0 Å². The number of hydrogen-bond acceptors (Lipinski definition) is 2. The van der Waals surface area contributed by atoms with Crippen molar-refractivity contribution >= 4 is 47.8 Å². The Balaban J connectivity index is 2.24. The van der Waals surface area contributed by atoms with Crippen molar-refractivity contribution in [3.8, 4) is 5.75 Å². The number of aryl methyl sites for hydroxylation is 1. The highest BCUT2D eigenvalue weighted by atomic mass is 79.9. The molecule has 88 valence electrons. The van der Waals surface area contributed by atoms with Crippen LogP contribution in [-0.2, 0) is 4.74 Å². The Bertz CT molecular complexity index is 401. The van der Waals surface area contributed by atoms with Crippen molar-refractivity contribution in [2.75, 3.05) is 13.2 Å². The minimum Gasteiger partial charge on any atom is -0.488 e. The van der Waals surface area contributed by atoms with Crippen molar-refractivity contribution in [1.29, 1.82) is 0 Å². The summed E-state index contributed by atoms with van der Waals surface area (Å²) in [7, 11) is 0. The molecule has 1 saturated heterocycles. The molecule has 0 N–H and O–H groups in total. The molecule has 0 aliphatic carbocycles. The standard InChI is InChI=1S/C11H11Br3O2/c1-6-3-7(12)9(14)10(8(6)13)15-4-11(2)5-16-11/h3H,4-5H2,1-2H3. The molecule has 0 amide bonds. The smallest absolute Gasteiger partial charge is 0.149 e. The van der Waals surface area contributed by atoms with Crippen LogP contribution in [0.3, 0.4) is 0 Å². The summed E-state index contributed by atoms with van der Waals surface area (Å²) in [5.74, 6) is 0.823. The summed E-state index contributed by atoms with van der Waals surface area (Å²) in [6, 6.07) is 2.04. The van der Waals surface area contributed by atoms with Crippen LogP contribution in [0, 0.1) is 6.92 Å². The molecule has 1 aliphatic heterocycles. The van der Waals surface area contributed by atoms with Crippen LogP contribution in [0.15, 0.2) is 19.5 Å². The highest BCUT2D eigenvalue weighted by Gasteiger charge is 2.40. The number of halogens is 3. The number of hydrogen-bond donors (Lipinski definition) is 0. The van der Waals surface area contributed by atoms with Crippen LogP contribution in [0.5, 0.6) is 5.75 Å². The predicted octanol–water partition coefficient (Wildman–Crippen LogP) is 4.45. The Kier molecular flexibility index (Phi) is 3.69. The van der Waals surface area contributed by atoms with Gasteiger partial charge >= 0.3 is 0 Å². The first-order valence-electron chi connectivity index (χ1n) is 4.84. The van der Waals surface area contributed by atoms with E-state index in [-0.39, 0.29) is 5.60 Å². The van der Waals surface area contributed by atoms with Crippen LogP contribution < -0.4 is 4.74 Å². The van der Waals surface area contributed by atoms with Crippen LogP contribution in [0.1, 0.15) is 12.5 Å². The molecule has 2 nitrogen and oxygen atoms in total. The van der Waals surface area contributed by atoms with Crippen LogP contribution in [0.4, 0.5) is 0 Å². The van der Waals surface area contributed by atoms with E-state index in [0.29, 0.717) is 6.61 Å². The quantitative estimate of drug-likeness (QED) is 0.538. The van der Waals surface area contributed by atoms with E-state index in [4.69, 9.17) is 9.47 Å². The summed E-state index contributed by atoms with van der Waals surface area (Å²) in [6.45, 7) is 5.42. The Labute approximate surface area is 120 Å². The Hall–Kier alpha value is 0.420. The minimum absolute atomic E-state index is 0.102. The third-order valence-corrected chi connectivity index (χ3v) is 5.39. The number of epoxide rings is 1. The van der Waals surface area contributed by atoms with E-state index < -0.39 is 0 Å². The Morgan fingerprint density at radius 1 is 1.38 bits per heavy atom. The zero-order chi connectivity index (χ0) is 11.9. The molecule has 5 heteroatoms. The van der Waals surface area contributed by atoms with Crippen molar-refractivity contribution in [1.82, 2.24) is 0 Å². The first kappa shape index (κ1) is 12.9. The van der Waals surface area contributed by atoms with Gasteiger partial charge in [0.1, 0.15) is 18.0 Å². The fourth-order valence-corrected chi connectivity index (χ4v) is 2.90. The highest BCUT2D eigenvalue weighted by Crippen LogP contribution is 2.41. The van der Waals surface area contributed by atoms with Gasteiger partial charge in [-0.2, -0.15) is 0 Å². The van der Waals surface area contributed by atoms with Crippen molar-refractivity contribution in [2.45, 2.75) is 19.4 Å². The summed E-state index contributed by atoms with van der Waals surface area (Å²) < 4.78 is 14.0. The van der Waals surface area contributed by atoms with E-state index >= 15 is 0 Å². The summed E-state index contributed by atoms with van der Waals surface area (Å²) in [4.78, 5) is 0. The van der Waals surface area contributed by atoms with Gasteiger partial charge in [-0.3, -0.25) is 0 Å². The van der Waals surface area contributed by atoms with Crippen LogP contribution in [0.2, 0.25) is 0 Å². The van der Waals surface area contributed by atoms with Gasteiger partial charge in [0.25, 0.3) is 0 Å². The van der Waals surface area contributed by atoms with Gasteiger partial charge in [0, 0.05) is 4.47 Å². The van der Waals surface area contributed by atoms with Gasteiger partial charge in [-0.1, -0.05) is 0 Å². The van der Waals surface area contributed by atoms with E-state index in [1.807, 2.05) is 19.9 Å². The molecule has 1 heterocycles. The van der Waals surface area contributed by atoms with Crippen molar-refractivity contribution in [2.24, 2.45) is 0 Å². The monoisotopic (exact) mass is 412 g/mol. The predicted molar refractivity (Wildman–Crippen MR) is 74.1 cm³/mol. The SMILES string of the molecule is Cc1cc(Br)c(Br)c(OCC2(C)CO2)c1Br. The third kappa shape index (κ3) is 2.63. The molecule has 0 aromatic heterocycles. The zero-order valence-electron chi connectivity index (χ0n) is 8.94. The summed E-state index contributed by atoms with van der Waals surface area (Å²) in [5, 5.41) is 0. The van der Waals surface area contributed by atoms with E-state index in [2.05, 4.69) is 47.8 Å². The summed E-state index contributed by atoms with van der Waals surface area (Å²) in [5.41, 5.74) is 1.03. The first-order valence-corrected chi connectivity index (χ1v) is 7.22. The molecule has 1 unspecified atom stereocenters. The maximum Gasteiger partial charge on any atom is 0.149 e. The lowest BCUT2D eigenvalue weighted by Crippen LogP contribution is -2.17. The molecule has 1 aliphatic rings. The highest BCUT2D eigenvalue weighted by molar-refractivity contribution is 9.13. The zero-order valence-corrected chi connectivity index (χ0v) is 13.7. The molecule has 0 bridgehead atoms. The number of ether oxygens (including phenoxy) is 2. The van der Waals surface area contributed by atoms with Gasteiger partial charge in [-0.05, 0) is 73.3 Å². The first-order chi connectivity index (χ1) is 7.43. The minimum atomic E-state index is -0.102. The molecule has 1 fully saturated rings. The fourth-order valence-electron chi connectivity index (χ4n) is 1.26. The molecular formula is C11H11Br3O2. The number of benzene rings is 1. The summed E-state index contributed by atoms with van der Waals surface area (Å²) in [6.07, 6.45) is 0. The molecule has 2 rings (SSSR count). The molecule has 0 saturated carbocycles. The maximum atomic E-state index is 5.81. The second-order valence-electron chi connectivity index (χ2n) is 4.16. The second-order valence-corrected chi connectivity index (χ2v) is 6.60. The lowest BCUT2D eigenvalue weighted by molar-refractivity contribution is 0.200. The Morgan fingerprint density at radius 3 is 2.56 bits per heavy atom. The van der Waals surface area contributed by atoms with Gasteiger partial charge in [-0.15, -0.1) is 0 Å². The molecule has 0 spiro atoms. The third-order valence-electron chi connectivity index (χ3n) is 2.46. The van der Waals surface area contributed by atoms with Crippen LogP contribution >= 0.6 is 47.8 Å². The lowest BCUT2D eigenvalue weighted by Gasteiger charge is -2.14. The van der Waals surface area contributed by atoms with Gasteiger partial charge in [0.05, 0.1) is 15.6 Å². The lowest BCUT2D eigenvalue weighted by atomic mass is 10.2. The van der Waals surface area contributed by atoms with Crippen LogP contribution in [-0.4, -0.2) is 18.8 Å². The fraction of sp³-hybridized carbons (Fsp3) is 0.455. The normalized spacial score (nSPS) is 23.3. The Morgan fingerprint density at radius 2 is 2.00 bits per heavy atom. The topological polar surface area (TPSA) is 21.8 Å². The van der Waals surface area contributed by atoms with Crippen molar-refractivity contribution < 1.29 is 9.47 Å². The van der Waals surface area contributed by atoms with Gasteiger partial charge < -0.3 is 9.47 Å². The molecule has 0 radical (unpaired) electrons. The molecule has 1 atom stereocenters. The largest absolute Gasteiger partial charge is 0.488 e. The molecule has 16 heavy (non-hydrogen) atoms. The number of rotatable bonds is 3. The van der Waals surface area contributed by atoms with E-state index in [1.165, 1.54) is 0 Å².